The monoisotopic (exact) mass is 532 g/mol. The van der Waals surface area contributed by atoms with Crippen molar-refractivity contribution in [1.82, 2.24) is 4.90 Å². The second kappa shape index (κ2) is 8.64. The highest BCUT2D eigenvalue weighted by Crippen LogP contribution is 2.34. The molecule has 0 aromatic heterocycles. The van der Waals surface area contributed by atoms with Crippen molar-refractivity contribution < 1.29 is 14.4 Å². The van der Waals surface area contributed by atoms with Gasteiger partial charge in [0.1, 0.15) is 6.54 Å². The molecule has 1 aliphatic heterocycles. The number of carbonyl (C=O) groups is 3. The van der Waals surface area contributed by atoms with Gasteiger partial charge < -0.3 is 5.32 Å². The SMILES string of the molecule is O=C(CN1C(=O)S/C(=C/c2cccc(Cl)c2Cl)C1=O)Nc1ccc(I)cc1. The Labute approximate surface area is 183 Å². The third-order valence-electron chi connectivity index (χ3n) is 3.57. The van der Waals surface area contributed by atoms with Crippen LogP contribution in [0.1, 0.15) is 5.56 Å². The molecule has 5 nitrogen and oxygen atoms in total. The number of benzene rings is 2. The molecule has 3 amide bonds. The summed E-state index contributed by atoms with van der Waals surface area (Å²) in [5.41, 5.74) is 1.12. The summed E-state index contributed by atoms with van der Waals surface area (Å²) in [7, 11) is 0. The summed E-state index contributed by atoms with van der Waals surface area (Å²) < 4.78 is 1.03. The van der Waals surface area contributed by atoms with E-state index < -0.39 is 17.1 Å². The van der Waals surface area contributed by atoms with E-state index in [2.05, 4.69) is 27.9 Å². The van der Waals surface area contributed by atoms with Crippen LogP contribution in [0.2, 0.25) is 10.0 Å². The Bertz CT molecular complexity index is 964. The van der Waals surface area contributed by atoms with Crippen LogP contribution in [-0.4, -0.2) is 28.5 Å². The Hall–Kier alpha value is -1.55. The van der Waals surface area contributed by atoms with Crippen LogP contribution in [0.3, 0.4) is 0 Å². The van der Waals surface area contributed by atoms with Gasteiger partial charge in [-0.15, -0.1) is 0 Å². The average molecular weight is 533 g/mol. The summed E-state index contributed by atoms with van der Waals surface area (Å²) in [6, 6.07) is 12.2. The van der Waals surface area contributed by atoms with Crippen LogP contribution in [0, 0.1) is 3.57 Å². The van der Waals surface area contributed by atoms with Gasteiger partial charge >= 0.3 is 0 Å². The van der Waals surface area contributed by atoms with Crippen molar-refractivity contribution in [3.8, 4) is 0 Å². The molecule has 138 valence electrons. The molecule has 3 rings (SSSR count). The van der Waals surface area contributed by atoms with Crippen LogP contribution in [0.15, 0.2) is 47.4 Å². The first-order chi connectivity index (χ1) is 12.8. The standard InChI is InChI=1S/C18H11Cl2IN2O3S/c19-13-3-1-2-10(16(13)20)8-14-17(25)23(18(26)27-14)9-15(24)22-12-6-4-11(21)5-7-12/h1-8H,9H2,(H,22,24)/b14-8+. The highest BCUT2D eigenvalue weighted by atomic mass is 127. The molecule has 0 radical (unpaired) electrons. The second-order valence-corrected chi connectivity index (χ2v) is 8.49. The minimum absolute atomic E-state index is 0.186. The number of amides is 3. The van der Waals surface area contributed by atoms with E-state index >= 15 is 0 Å². The molecular formula is C18H11Cl2IN2O3S. The number of anilines is 1. The number of carbonyl (C=O) groups excluding carboxylic acids is 3. The number of rotatable bonds is 4. The predicted octanol–water partition coefficient (Wildman–Crippen LogP) is 5.27. The lowest BCUT2D eigenvalue weighted by atomic mass is 10.2. The molecule has 2 aromatic carbocycles. The first-order valence-electron chi connectivity index (χ1n) is 7.60. The van der Waals surface area contributed by atoms with E-state index in [0.29, 0.717) is 21.3 Å². The molecule has 0 bridgehead atoms. The predicted molar refractivity (Wildman–Crippen MR) is 117 cm³/mol. The first-order valence-corrected chi connectivity index (χ1v) is 10.2. The zero-order valence-electron chi connectivity index (χ0n) is 13.5. The molecule has 1 N–H and O–H groups in total. The molecule has 1 saturated heterocycles. The van der Waals surface area contributed by atoms with Crippen molar-refractivity contribution in [3.05, 3.63) is 66.5 Å². The number of hydrogen-bond acceptors (Lipinski definition) is 4. The van der Waals surface area contributed by atoms with E-state index in [1.807, 2.05) is 12.1 Å². The third kappa shape index (κ3) is 4.84. The number of thioether (sulfide) groups is 1. The quantitative estimate of drug-likeness (QED) is 0.430. The van der Waals surface area contributed by atoms with Crippen molar-refractivity contribution in [3.63, 3.8) is 0 Å². The van der Waals surface area contributed by atoms with E-state index in [1.165, 1.54) is 6.08 Å². The van der Waals surface area contributed by atoms with Crippen LogP contribution in [0.5, 0.6) is 0 Å². The van der Waals surface area contributed by atoms with E-state index in [9.17, 15) is 14.4 Å². The van der Waals surface area contributed by atoms with Gasteiger partial charge in [0.25, 0.3) is 11.1 Å². The molecule has 1 heterocycles. The summed E-state index contributed by atoms with van der Waals surface area (Å²) in [6.45, 7) is -0.364. The van der Waals surface area contributed by atoms with Gasteiger partial charge in [-0.1, -0.05) is 35.3 Å². The van der Waals surface area contributed by atoms with Gasteiger partial charge in [-0.05, 0) is 76.3 Å². The number of imide groups is 1. The van der Waals surface area contributed by atoms with Crippen LogP contribution in [0.4, 0.5) is 10.5 Å². The molecule has 0 saturated carbocycles. The van der Waals surface area contributed by atoms with E-state index in [-0.39, 0.29) is 11.4 Å². The van der Waals surface area contributed by atoms with Crippen molar-refractivity contribution in [2.75, 3.05) is 11.9 Å². The summed E-state index contributed by atoms with van der Waals surface area (Å²) in [6.07, 6.45) is 1.50. The maximum Gasteiger partial charge on any atom is 0.294 e. The molecule has 0 aliphatic carbocycles. The van der Waals surface area contributed by atoms with Crippen LogP contribution < -0.4 is 5.32 Å². The van der Waals surface area contributed by atoms with Crippen molar-refractivity contribution in [1.29, 1.82) is 0 Å². The van der Waals surface area contributed by atoms with Gasteiger partial charge in [0, 0.05) is 9.26 Å². The molecule has 0 spiro atoms. The Morgan fingerprint density at radius 2 is 1.85 bits per heavy atom. The number of nitrogens with one attached hydrogen (secondary N) is 1. The molecular weight excluding hydrogens is 522 g/mol. The zero-order chi connectivity index (χ0) is 19.6. The van der Waals surface area contributed by atoms with E-state index in [4.69, 9.17) is 23.2 Å². The Morgan fingerprint density at radius 1 is 1.15 bits per heavy atom. The summed E-state index contributed by atoms with van der Waals surface area (Å²) in [4.78, 5) is 37.9. The summed E-state index contributed by atoms with van der Waals surface area (Å²) in [5, 5.41) is 2.79. The van der Waals surface area contributed by atoms with E-state index in [1.54, 1.807) is 30.3 Å². The zero-order valence-corrected chi connectivity index (χ0v) is 18.0. The Morgan fingerprint density at radius 3 is 2.56 bits per heavy atom. The fourth-order valence-corrected chi connectivity index (χ4v) is 3.84. The van der Waals surface area contributed by atoms with Crippen LogP contribution >= 0.6 is 57.6 Å². The van der Waals surface area contributed by atoms with Gasteiger partial charge in [-0.25, -0.2) is 0 Å². The van der Waals surface area contributed by atoms with Gasteiger partial charge in [0.05, 0.1) is 15.0 Å². The highest BCUT2D eigenvalue weighted by molar-refractivity contribution is 14.1. The summed E-state index contributed by atoms with van der Waals surface area (Å²) >= 11 is 15.0. The minimum atomic E-state index is -0.543. The van der Waals surface area contributed by atoms with Gasteiger partial charge in [-0.2, -0.15) is 0 Å². The van der Waals surface area contributed by atoms with Crippen LogP contribution in [-0.2, 0) is 9.59 Å². The molecule has 1 aliphatic rings. The van der Waals surface area contributed by atoms with Crippen LogP contribution in [0.25, 0.3) is 6.08 Å². The number of halogens is 3. The normalized spacial score (nSPS) is 15.5. The van der Waals surface area contributed by atoms with Crippen molar-refractivity contribution in [2.45, 2.75) is 0 Å². The minimum Gasteiger partial charge on any atom is -0.325 e. The maximum absolute atomic E-state index is 12.5. The first kappa shape index (κ1) is 20.2. The molecule has 0 atom stereocenters. The Kier molecular flexibility index (Phi) is 6.46. The molecule has 27 heavy (non-hydrogen) atoms. The topological polar surface area (TPSA) is 66.5 Å². The van der Waals surface area contributed by atoms with Gasteiger partial charge in [-0.3, -0.25) is 19.3 Å². The van der Waals surface area contributed by atoms with Crippen molar-refractivity contribution in [2.24, 2.45) is 0 Å². The number of hydrogen-bond donors (Lipinski definition) is 1. The molecule has 0 unspecified atom stereocenters. The summed E-state index contributed by atoms with van der Waals surface area (Å²) in [5.74, 6) is -1.00. The lowest BCUT2D eigenvalue weighted by Gasteiger charge is -2.12. The molecule has 1 fully saturated rings. The maximum atomic E-state index is 12.5. The lowest BCUT2D eigenvalue weighted by Crippen LogP contribution is -2.36. The molecule has 9 heteroatoms. The third-order valence-corrected chi connectivity index (χ3v) is 6.03. The second-order valence-electron chi connectivity index (χ2n) is 5.47. The average Bonchev–Trinajstić information content (AvgIpc) is 2.88. The fourth-order valence-electron chi connectivity index (χ4n) is 2.29. The number of nitrogens with zero attached hydrogens (tertiary/aromatic N) is 1. The van der Waals surface area contributed by atoms with Crippen molar-refractivity contribution >= 4 is 86.4 Å². The van der Waals surface area contributed by atoms with E-state index in [0.717, 1.165) is 20.2 Å². The lowest BCUT2D eigenvalue weighted by molar-refractivity contribution is -0.127. The van der Waals surface area contributed by atoms with Gasteiger partial charge in [0.15, 0.2) is 0 Å². The molecule has 2 aromatic rings. The van der Waals surface area contributed by atoms with Gasteiger partial charge in [0.2, 0.25) is 5.91 Å². The smallest absolute Gasteiger partial charge is 0.294 e. The Balaban J connectivity index is 1.72. The fraction of sp³-hybridized carbons (Fsp3) is 0.0556. The largest absolute Gasteiger partial charge is 0.325 e. The highest BCUT2D eigenvalue weighted by Gasteiger charge is 2.36.